The van der Waals surface area contributed by atoms with Gasteiger partial charge in [0, 0.05) is 13.0 Å². The highest BCUT2D eigenvalue weighted by Crippen LogP contribution is 2.39. The van der Waals surface area contributed by atoms with E-state index in [1.54, 1.807) is 0 Å². The molecule has 0 unspecified atom stereocenters. The third-order valence-electron chi connectivity index (χ3n) is 3.29. The van der Waals surface area contributed by atoms with Crippen LogP contribution in [-0.4, -0.2) is 18.2 Å². The number of carbonyl (C=O) groups excluding carboxylic acids is 2. The van der Waals surface area contributed by atoms with E-state index in [1.807, 2.05) is 0 Å². The van der Waals surface area contributed by atoms with Gasteiger partial charge in [0.1, 0.15) is 11.2 Å². The summed E-state index contributed by atoms with van der Waals surface area (Å²) in [6.07, 6.45) is 5.10. The van der Waals surface area contributed by atoms with Crippen LogP contribution in [0.1, 0.15) is 38.5 Å². The van der Waals surface area contributed by atoms with Crippen molar-refractivity contribution in [3.8, 4) is 0 Å². The summed E-state index contributed by atoms with van der Waals surface area (Å²) >= 11 is 0. The molecule has 0 aromatic carbocycles. The van der Waals surface area contributed by atoms with Crippen LogP contribution in [0, 0.1) is 5.41 Å². The van der Waals surface area contributed by atoms with Gasteiger partial charge in [0.25, 0.3) is 0 Å². The maximum Gasteiger partial charge on any atom is 0.233 e. The van der Waals surface area contributed by atoms with Crippen LogP contribution in [0.5, 0.6) is 0 Å². The Bertz CT molecular complexity index is 221. The Morgan fingerprint density at radius 2 is 1.85 bits per heavy atom. The van der Waals surface area contributed by atoms with E-state index in [2.05, 4.69) is 5.32 Å². The van der Waals surface area contributed by atoms with Gasteiger partial charge in [-0.2, -0.15) is 0 Å². The van der Waals surface area contributed by atoms with Crippen LogP contribution < -0.4 is 5.32 Å². The smallest absolute Gasteiger partial charge is 0.233 e. The Kier molecular flexibility index (Phi) is 2.10. The summed E-state index contributed by atoms with van der Waals surface area (Å²) in [5.41, 5.74) is -0.615. The van der Waals surface area contributed by atoms with Crippen molar-refractivity contribution in [1.82, 2.24) is 5.32 Å². The maximum absolute atomic E-state index is 11.7. The summed E-state index contributed by atoms with van der Waals surface area (Å²) in [6, 6.07) is 0. The quantitative estimate of drug-likeness (QED) is 0.567. The van der Waals surface area contributed by atoms with Crippen molar-refractivity contribution in [3.63, 3.8) is 0 Å². The average molecular weight is 181 g/mol. The molecule has 0 aromatic heterocycles. The Balaban J connectivity index is 2.23. The minimum Gasteiger partial charge on any atom is -0.355 e. The van der Waals surface area contributed by atoms with E-state index < -0.39 is 5.41 Å². The first kappa shape index (κ1) is 8.73. The van der Waals surface area contributed by atoms with Gasteiger partial charge in [-0.1, -0.05) is 6.42 Å². The number of nitrogens with one attached hydrogen (secondary N) is 1. The molecule has 2 aliphatic rings. The molecule has 2 fully saturated rings. The van der Waals surface area contributed by atoms with E-state index in [9.17, 15) is 9.59 Å². The second-order valence-electron chi connectivity index (χ2n) is 4.07. The lowest BCUT2D eigenvalue weighted by atomic mass is 9.68. The first-order chi connectivity index (χ1) is 6.26. The molecule has 72 valence electrons. The average Bonchev–Trinajstić information content (AvgIpc) is 2.15. The van der Waals surface area contributed by atoms with Gasteiger partial charge in [-0.3, -0.25) is 9.59 Å². The molecule has 1 saturated heterocycles. The van der Waals surface area contributed by atoms with Gasteiger partial charge in [0.05, 0.1) is 0 Å². The summed E-state index contributed by atoms with van der Waals surface area (Å²) in [5, 5.41) is 2.81. The molecule has 1 atom stereocenters. The topological polar surface area (TPSA) is 46.2 Å². The SMILES string of the molecule is O=C1CCCC[C@]12CCCNC2=O. The minimum atomic E-state index is -0.615. The van der Waals surface area contributed by atoms with Crippen molar-refractivity contribution in [2.24, 2.45) is 5.41 Å². The highest BCUT2D eigenvalue weighted by molar-refractivity contribution is 6.06. The lowest BCUT2D eigenvalue weighted by molar-refractivity contribution is -0.147. The molecule has 1 amide bonds. The molecule has 1 N–H and O–H groups in total. The molecular weight excluding hydrogens is 166 g/mol. The van der Waals surface area contributed by atoms with Crippen molar-refractivity contribution < 1.29 is 9.59 Å². The van der Waals surface area contributed by atoms with E-state index in [1.165, 1.54) is 0 Å². The van der Waals surface area contributed by atoms with Crippen LogP contribution in [0.15, 0.2) is 0 Å². The van der Waals surface area contributed by atoms with Crippen LogP contribution in [0.2, 0.25) is 0 Å². The fourth-order valence-corrected chi connectivity index (χ4v) is 2.47. The summed E-state index contributed by atoms with van der Waals surface area (Å²) < 4.78 is 0. The molecule has 1 aliphatic heterocycles. The Labute approximate surface area is 77.9 Å². The molecule has 13 heavy (non-hydrogen) atoms. The molecule has 0 aromatic rings. The molecule has 3 nitrogen and oxygen atoms in total. The van der Waals surface area contributed by atoms with Crippen molar-refractivity contribution in [3.05, 3.63) is 0 Å². The predicted molar refractivity (Wildman–Crippen MR) is 48.2 cm³/mol. The Morgan fingerprint density at radius 1 is 1.08 bits per heavy atom. The number of hydrogen-bond donors (Lipinski definition) is 1. The molecule has 2 rings (SSSR count). The van der Waals surface area contributed by atoms with Crippen LogP contribution in [0.4, 0.5) is 0 Å². The van der Waals surface area contributed by atoms with E-state index in [0.29, 0.717) is 6.42 Å². The Morgan fingerprint density at radius 3 is 2.54 bits per heavy atom. The lowest BCUT2D eigenvalue weighted by Crippen LogP contribution is -2.51. The molecule has 0 radical (unpaired) electrons. The van der Waals surface area contributed by atoms with Crippen LogP contribution >= 0.6 is 0 Å². The lowest BCUT2D eigenvalue weighted by Gasteiger charge is -2.37. The fourth-order valence-electron chi connectivity index (χ4n) is 2.47. The third kappa shape index (κ3) is 1.26. The number of carbonyl (C=O) groups is 2. The third-order valence-corrected chi connectivity index (χ3v) is 3.29. The number of rotatable bonds is 0. The molecule has 1 aliphatic carbocycles. The fraction of sp³-hybridized carbons (Fsp3) is 0.800. The van der Waals surface area contributed by atoms with E-state index in [-0.39, 0.29) is 11.7 Å². The summed E-state index contributed by atoms with van der Waals surface area (Å²) in [7, 11) is 0. The molecule has 3 heteroatoms. The molecular formula is C10H15NO2. The number of hydrogen-bond acceptors (Lipinski definition) is 2. The van der Waals surface area contributed by atoms with Crippen LogP contribution in [0.25, 0.3) is 0 Å². The molecule has 0 bridgehead atoms. The predicted octanol–water partition coefficient (Wildman–Crippen LogP) is 1.03. The second-order valence-corrected chi connectivity index (χ2v) is 4.07. The van der Waals surface area contributed by atoms with Gasteiger partial charge in [0.2, 0.25) is 5.91 Å². The zero-order chi connectivity index (χ0) is 9.31. The number of ketones is 1. The zero-order valence-electron chi connectivity index (χ0n) is 7.77. The standard InChI is InChI=1S/C10H15NO2/c12-8-4-1-2-5-10(8)6-3-7-11-9(10)13/h1-7H2,(H,11,13)/t10-/m0/s1. The van der Waals surface area contributed by atoms with Crippen molar-refractivity contribution in [1.29, 1.82) is 0 Å². The van der Waals surface area contributed by atoms with E-state index in [0.717, 1.165) is 38.6 Å². The first-order valence-corrected chi connectivity index (χ1v) is 5.07. The van der Waals surface area contributed by atoms with Gasteiger partial charge in [-0.15, -0.1) is 0 Å². The van der Waals surface area contributed by atoms with Crippen molar-refractivity contribution in [2.45, 2.75) is 38.5 Å². The normalized spacial score (nSPS) is 34.8. The van der Waals surface area contributed by atoms with Gasteiger partial charge in [0.15, 0.2) is 0 Å². The Hall–Kier alpha value is -0.860. The van der Waals surface area contributed by atoms with E-state index >= 15 is 0 Å². The number of amides is 1. The summed E-state index contributed by atoms with van der Waals surface area (Å²) in [4.78, 5) is 23.4. The number of piperidine rings is 1. The minimum absolute atomic E-state index is 0.0107. The number of Topliss-reactive ketones (excluding diaryl/α,β-unsaturated/α-hetero) is 1. The highest BCUT2D eigenvalue weighted by atomic mass is 16.2. The second kappa shape index (κ2) is 3.13. The van der Waals surface area contributed by atoms with Gasteiger partial charge < -0.3 is 5.32 Å². The van der Waals surface area contributed by atoms with Crippen LogP contribution in [0.3, 0.4) is 0 Å². The van der Waals surface area contributed by atoms with Crippen LogP contribution in [-0.2, 0) is 9.59 Å². The molecule has 1 saturated carbocycles. The summed E-state index contributed by atoms with van der Waals surface area (Å²) in [5.74, 6) is 0.166. The monoisotopic (exact) mass is 181 g/mol. The van der Waals surface area contributed by atoms with E-state index in [4.69, 9.17) is 0 Å². The van der Waals surface area contributed by atoms with Gasteiger partial charge in [-0.05, 0) is 25.7 Å². The van der Waals surface area contributed by atoms with Gasteiger partial charge >= 0.3 is 0 Å². The zero-order valence-corrected chi connectivity index (χ0v) is 7.77. The first-order valence-electron chi connectivity index (χ1n) is 5.07. The van der Waals surface area contributed by atoms with Gasteiger partial charge in [-0.25, -0.2) is 0 Å². The largest absolute Gasteiger partial charge is 0.355 e. The summed E-state index contributed by atoms with van der Waals surface area (Å²) in [6.45, 7) is 0.744. The maximum atomic E-state index is 11.7. The molecule has 1 spiro atoms. The van der Waals surface area contributed by atoms with Crippen molar-refractivity contribution in [2.75, 3.05) is 6.54 Å². The van der Waals surface area contributed by atoms with Crippen molar-refractivity contribution >= 4 is 11.7 Å². The molecule has 1 heterocycles. The highest BCUT2D eigenvalue weighted by Gasteiger charge is 2.47.